The van der Waals surface area contributed by atoms with Gasteiger partial charge in [-0.1, -0.05) is 27.7 Å². The minimum absolute atomic E-state index is 0.108. The molecule has 168 valence electrons. The normalized spacial score (nSPS) is 27.6. The Bertz CT molecular complexity index is 893. The second-order valence-corrected chi connectivity index (χ2v) is 9.74. The summed E-state index contributed by atoms with van der Waals surface area (Å²) in [4.78, 5) is 40.6. The van der Waals surface area contributed by atoms with Gasteiger partial charge in [-0.05, 0) is 61.5 Å². The highest BCUT2D eigenvalue weighted by Crippen LogP contribution is 2.42. The van der Waals surface area contributed by atoms with E-state index in [-0.39, 0.29) is 35.7 Å². The van der Waals surface area contributed by atoms with Crippen LogP contribution in [0.4, 0.5) is 0 Å². The Labute approximate surface area is 184 Å². The van der Waals surface area contributed by atoms with Crippen molar-refractivity contribution in [1.82, 2.24) is 15.1 Å². The van der Waals surface area contributed by atoms with Crippen LogP contribution in [0, 0.1) is 5.41 Å². The number of nitrogens with zero attached hydrogens (tertiary/aromatic N) is 2. The third-order valence-corrected chi connectivity index (χ3v) is 7.01. The molecule has 2 aliphatic heterocycles. The van der Waals surface area contributed by atoms with E-state index in [1.165, 1.54) is 0 Å². The highest BCUT2D eigenvalue weighted by atomic mass is 16.5. The largest absolute Gasteiger partial charge is 0.489 e. The third-order valence-electron chi connectivity index (χ3n) is 7.01. The molecule has 1 aromatic rings. The first-order valence-corrected chi connectivity index (χ1v) is 11.4. The minimum atomic E-state index is -0.593. The molecule has 4 rings (SSSR count). The number of carbonyl (C=O) groups is 3. The minimum Gasteiger partial charge on any atom is -0.489 e. The van der Waals surface area contributed by atoms with Gasteiger partial charge in [-0.25, -0.2) is 0 Å². The maximum absolute atomic E-state index is 12.9. The smallest absolute Gasteiger partial charge is 0.255 e. The molecule has 1 N–H and O–H groups in total. The number of ether oxygens (including phenoxy) is 1. The van der Waals surface area contributed by atoms with Gasteiger partial charge in [0, 0.05) is 24.6 Å². The fraction of sp³-hybridized carbons (Fsp3) is 0.625. The number of rotatable bonds is 6. The van der Waals surface area contributed by atoms with E-state index >= 15 is 0 Å². The molecular formula is C24H33N3O4. The van der Waals surface area contributed by atoms with Crippen LogP contribution in [0.1, 0.15) is 69.3 Å². The molecule has 1 saturated carbocycles. The maximum Gasteiger partial charge on any atom is 0.255 e. The van der Waals surface area contributed by atoms with E-state index in [1.54, 1.807) is 4.90 Å². The van der Waals surface area contributed by atoms with E-state index in [4.69, 9.17) is 4.74 Å². The fourth-order valence-corrected chi connectivity index (χ4v) is 5.44. The van der Waals surface area contributed by atoms with E-state index < -0.39 is 6.04 Å². The van der Waals surface area contributed by atoms with Crippen molar-refractivity contribution in [2.24, 2.45) is 5.41 Å². The number of nitrogens with one attached hydrogen (secondary N) is 1. The van der Waals surface area contributed by atoms with Crippen LogP contribution in [0.15, 0.2) is 18.2 Å². The van der Waals surface area contributed by atoms with Crippen LogP contribution in [0.25, 0.3) is 0 Å². The topological polar surface area (TPSA) is 79.0 Å². The molecule has 0 spiro atoms. The van der Waals surface area contributed by atoms with Gasteiger partial charge in [0.2, 0.25) is 11.8 Å². The summed E-state index contributed by atoms with van der Waals surface area (Å²) in [5, 5.41) is 2.35. The van der Waals surface area contributed by atoms with Gasteiger partial charge in [0.05, 0.1) is 0 Å². The van der Waals surface area contributed by atoms with Crippen molar-refractivity contribution in [3.63, 3.8) is 0 Å². The van der Waals surface area contributed by atoms with Crippen LogP contribution in [-0.2, 0) is 16.1 Å². The number of piperidine rings is 1. The van der Waals surface area contributed by atoms with Gasteiger partial charge in [-0.2, -0.15) is 0 Å². The summed E-state index contributed by atoms with van der Waals surface area (Å²) in [6, 6.07) is 5.41. The SMILES string of the molecule is CCN(CC)C1CC(C)(C)CC1Oc1ccc2c(c1)CN(C1CCC(=O)NC1=O)C2=O. The number of likely N-dealkylation sites (N-methyl/N-ethyl adjacent to an activating group) is 1. The summed E-state index contributed by atoms with van der Waals surface area (Å²) in [5.74, 6) is -0.0388. The first-order valence-electron chi connectivity index (χ1n) is 11.4. The molecule has 2 heterocycles. The second kappa shape index (κ2) is 8.26. The Hall–Kier alpha value is -2.41. The van der Waals surface area contributed by atoms with Gasteiger partial charge in [-0.15, -0.1) is 0 Å². The van der Waals surface area contributed by atoms with Gasteiger partial charge in [0.25, 0.3) is 5.91 Å². The monoisotopic (exact) mass is 427 g/mol. The van der Waals surface area contributed by atoms with Crippen molar-refractivity contribution in [3.05, 3.63) is 29.3 Å². The molecule has 0 radical (unpaired) electrons. The highest BCUT2D eigenvalue weighted by molar-refractivity contribution is 6.05. The molecule has 1 aromatic carbocycles. The van der Waals surface area contributed by atoms with Gasteiger partial charge < -0.3 is 9.64 Å². The second-order valence-electron chi connectivity index (χ2n) is 9.74. The van der Waals surface area contributed by atoms with Crippen molar-refractivity contribution >= 4 is 17.7 Å². The molecule has 0 aromatic heterocycles. The molecule has 2 fully saturated rings. The van der Waals surface area contributed by atoms with Crippen LogP contribution in [0.2, 0.25) is 0 Å². The average molecular weight is 428 g/mol. The van der Waals surface area contributed by atoms with Gasteiger partial charge in [0.15, 0.2) is 0 Å². The van der Waals surface area contributed by atoms with E-state index in [2.05, 4.69) is 37.9 Å². The molecule has 0 bridgehead atoms. The van der Waals surface area contributed by atoms with Gasteiger partial charge in [-0.3, -0.25) is 24.6 Å². The zero-order valence-electron chi connectivity index (χ0n) is 18.9. The predicted molar refractivity (Wildman–Crippen MR) is 117 cm³/mol. The highest BCUT2D eigenvalue weighted by Gasteiger charge is 2.43. The first-order chi connectivity index (χ1) is 14.7. The van der Waals surface area contributed by atoms with Crippen molar-refractivity contribution in [3.8, 4) is 5.75 Å². The number of hydrogen-bond acceptors (Lipinski definition) is 5. The molecule has 3 aliphatic rings. The van der Waals surface area contributed by atoms with Crippen LogP contribution in [0.3, 0.4) is 0 Å². The Morgan fingerprint density at radius 3 is 2.58 bits per heavy atom. The van der Waals surface area contributed by atoms with Gasteiger partial charge in [0.1, 0.15) is 17.9 Å². The average Bonchev–Trinajstić information content (AvgIpc) is 3.19. The quantitative estimate of drug-likeness (QED) is 0.707. The molecule has 3 amide bonds. The molecule has 1 aliphatic carbocycles. The molecule has 3 atom stereocenters. The summed E-state index contributed by atoms with van der Waals surface area (Å²) < 4.78 is 6.49. The van der Waals surface area contributed by atoms with Crippen molar-refractivity contribution in [2.75, 3.05) is 13.1 Å². The summed E-state index contributed by atoms with van der Waals surface area (Å²) in [6.45, 7) is 11.3. The molecule has 7 heteroatoms. The Kier molecular flexibility index (Phi) is 5.81. The first kappa shape index (κ1) is 21.8. The number of imide groups is 1. The number of benzene rings is 1. The number of hydrogen-bond donors (Lipinski definition) is 1. The lowest BCUT2D eigenvalue weighted by Gasteiger charge is -2.31. The standard InChI is InChI=1S/C24H33N3O4/c1-5-26(6-2)19-12-24(3,4)13-20(19)31-16-7-8-17-15(11-16)14-27(23(17)30)18-9-10-21(28)25-22(18)29/h7-8,11,18-20H,5-6,9-10,12-14H2,1-4H3,(H,25,28,29). The number of amides is 3. The van der Waals surface area contributed by atoms with Crippen molar-refractivity contribution in [1.29, 1.82) is 0 Å². The summed E-state index contributed by atoms with van der Waals surface area (Å²) in [6.07, 6.45) is 2.83. The fourth-order valence-electron chi connectivity index (χ4n) is 5.44. The lowest BCUT2D eigenvalue weighted by Crippen LogP contribution is -2.52. The van der Waals surface area contributed by atoms with E-state index in [9.17, 15) is 14.4 Å². The zero-order chi connectivity index (χ0) is 22.3. The Morgan fingerprint density at radius 1 is 1.16 bits per heavy atom. The van der Waals surface area contributed by atoms with Crippen molar-refractivity contribution < 1.29 is 19.1 Å². The lowest BCUT2D eigenvalue weighted by atomic mass is 9.91. The summed E-state index contributed by atoms with van der Waals surface area (Å²) in [7, 11) is 0. The van der Waals surface area contributed by atoms with E-state index in [1.807, 2.05) is 18.2 Å². The molecule has 7 nitrogen and oxygen atoms in total. The molecule has 3 unspecified atom stereocenters. The summed E-state index contributed by atoms with van der Waals surface area (Å²) >= 11 is 0. The third kappa shape index (κ3) is 4.20. The number of fused-ring (bicyclic) bond motifs is 1. The van der Waals surface area contributed by atoms with Crippen LogP contribution >= 0.6 is 0 Å². The zero-order valence-corrected chi connectivity index (χ0v) is 18.9. The summed E-state index contributed by atoms with van der Waals surface area (Å²) in [5.41, 5.74) is 1.72. The maximum atomic E-state index is 12.9. The molecule has 1 saturated heterocycles. The van der Waals surface area contributed by atoms with E-state index in [0.29, 0.717) is 24.6 Å². The lowest BCUT2D eigenvalue weighted by molar-refractivity contribution is -0.136. The van der Waals surface area contributed by atoms with Crippen LogP contribution < -0.4 is 10.1 Å². The van der Waals surface area contributed by atoms with Crippen LogP contribution in [-0.4, -0.2) is 58.8 Å². The Balaban J connectivity index is 1.51. The number of carbonyl (C=O) groups excluding carboxylic acids is 3. The van der Waals surface area contributed by atoms with Gasteiger partial charge >= 0.3 is 0 Å². The van der Waals surface area contributed by atoms with Crippen LogP contribution in [0.5, 0.6) is 5.75 Å². The van der Waals surface area contributed by atoms with E-state index in [0.717, 1.165) is 37.2 Å². The Morgan fingerprint density at radius 2 is 1.90 bits per heavy atom. The predicted octanol–water partition coefficient (Wildman–Crippen LogP) is 2.73. The molecule has 31 heavy (non-hydrogen) atoms. The molecular weight excluding hydrogens is 394 g/mol. The van der Waals surface area contributed by atoms with Crippen molar-refractivity contribution in [2.45, 2.75) is 78.1 Å².